The van der Waals surface area contributed by atoms with E-state index in [-0.39, 0.29) is 0 Å². The molecule has 0 aromatic heterocycles. The molecule has 2 aromatic rings. The molecule has 1 heterocycles. The average Bonchev–Trinajstić information content (AvgIpc) is 2.87. The van der Waals surface area contributed by atoms with Gasteiger partial charge in [0.1, 0.15) is 0 Å². The zero-order valence-electron chi connectivity index (χ0n) is 20.8. The zero-order chi connectivity index (χ0) is 25.2. The maximum atomic E-state index is 13.0. The normalized spacial score (nSPS) is 15.7. The van der Waals surface area contributed by atoms with Gasteiger partial charge in [0.15, 0.2) is 0 Å². The van der Waals surface area contributed by atoms with E-state index in [1.807, 2.05) is 31.2 Å². The number of primary amides is 1. The highest BCUT2D eigenvalue weighted by Gasteiger charge is 2.25. The fraction of sp³-hybridized carbons (Fsp3) is 0.414. The third kappa shape index (κ3) is 7.89. The molecule has 0 radical (unpaired) electrons. The van der Waals surface area contributed by atoms with Gasteiger partial charge in [-0.05, 0) is 61.0 Å². The molecule has 3 N–H and O–H groups in total. The quantitative estimate of drug-likeness (QED) is 0.371. The lowest BCUT2D eigenvalue weighted by Crippen LogP contribution is -2.46. The number of hydrogen-bond acceptors (Lipinski definition) is 4. The molecule has 1 atom stereocenters. The molecule has 1 aliphatic rings. The van der Waals surface area contributed by atoms with Crippen molar-refractivity contribution in [2.24, 2.45) is 11.7 Å². The second-order valence-corrected chi connectivity index (χ2v) is 9.52. The van der Waals surface area contributed by atoms with Crippen LogP contribution in [0.15, 0.2) is 48.5 Å². The molecule has 1 aliphatic heterocycles. The van der Waals surface area contributed by atoms with Crippen molar-refractivity contribution in [3.63, 3.8) is 0 Å². The van der Waals surface area contributed by atoms with Crippen molar-refractivity contribution in [1.82, 2.24) is 10.2 Å². The van der Waals surface area contributed by atoms with Crippen molar-refractivity contribution >= 4 is 29.7 Å². The highest BCUT2D eigenvalue weighted by molar-refractivity contribution is 6.38. The van der Waals surface area contributed by atoms with E-state index in [2.05, 4.69) is 41.4 Å². The SMILES string of the molecule is CCCCC(NC(=O)c1ccccc1/C=C/c1ccc(CN2CCC(C)CC2)cc1)C(=O)C(N)=O. The molecular weight excluding hydrogens is 438 g/mol. The van der Waals surface area contributed by atoms with Gasteiger partial charge in [0.25, 0.3) is 11.8 Å². The van der Waals surface area contributed by atoms with Crippen LogP contribution in [0.1, 0.15) is 73.0 Å². The van der Waals surface area contributed by atoms with Gasteiger partial charge in [-0.2, -0.15) is 0 Å². The van der Waals surface area contributed by atoms with Crippen LogP contribution >= 0.6 is 0 Å². The first-order valence-corrected chi connectivity index (χ1v) is 12.6. The Hall–Kier alpha value is -3.25. The van der Waals surface area contributed by atoms with Gasteiger partial charge in [0, 0.05) is 12.1 Å². The summed E-state index contributed by atoms with van der Waals surface area (Å²) in [5.74, 6) is -1.36. The summed E-state index contributed by atoms with van der Waals surface area (Å²) in [7, 11) is 0. The monoisotopic (exact) mass is 475 g/mol. The first-order chi connectivity index (χ1) is 16.9. The van der Waals surface area contributed by atoms with E-state index in [4.69, 9.17) is 5.73 Å². The van der Waals surface area contributed by atoms with Gasteiger partial charge in [-0.25, -0.2) is 0 Å². The number of nitrogens with zero attached hydrogens (tertiary/aromatic N) is 1. The van der Waals surface area contributed by atoms with Gasteiger partial charge in [-0.3, -0.25) is 19.3 Å². The van der Waals surface area contributed by atoms with E-state index in [1.54, 1.807) is 12.1 Å². The van der Waals surface area contributed by atoms with Gasteiger partial charge in [0.2, 0.25) is 5.78 Å². The van der Waals surface area contributed by atoms with Gasteiger partial charge < -0.3 is 11.1 Å². The number of likely N-dealkylation sites (tertiary alicyclic amines) is 1. The molecule has 2 aromatic carbocycles. The molecule has 0 aliphatic carbocycles. The number of unbranched alkanes of at least 4 members (excludes halogenated alkanes) is 1. The summed E-state index contributed by atoms with van der Waals surface area (Å²) in [4.78, 5) is 39.1. The Bertz CT molecular complexity index is 1040. The smallest absolute Gasteiger partial charge is 0.287 e. The topological polar surface area (TPSA) is 92.5 Å². The first-order valence-electron chi connectivity index (χ1n) is 12.6. The maximum Gasteiger partial charge on any atom is 0.287 e. The average molecular weight is 476 g/mol. The van der Waals surface area contributed by atoms with E-state index in [9.17, 15) is 14.4 Å². The number of hydrogen-bond donors (Lipinski definition) is 2. The van der Waals surface area contributed by atoms with Crippen molar-refractivity contribution < 1.29 is 14.4 Å². The highest BCUT2D eigenvalue weighted by atomic mass is 16.2. The molecule has 1 saturated heterocycles. The molecule has 35 heavy (non-hydrogen) atoms. The van der Waals surface area contributed by atoms with Crippen molar-refractivity contribution in [2.75, 3.05) is 13.1 Å². The second kappa shape index (κ2) is 13.0. The Labute approximate surface area is 208 Å². The van der Waals surface area contributed by atoms with Crippen LogP contribution < -0.4 is 11.1 Å². The molecule has 1 fully saturated rings. The maximum absolute atomic E-state index is 13.0. The highest BCUT2D eigenvalue weighted by Crippen LogP contribution is 2.19. The third-order valence-electron chi connectivity index (χ3n) is 6.63. The summed E-state index contributed by atoms with van der Waals surface area (Å²) in [6, 6.07) is 14.8. The molecule has 6 heteroatoms. The van der Waals surface area contributed by atoms with Crippen molar-refractivity contribution in [3.05, 3.63) is 70.8 Å². The standard InChI is InChI=1S/C29H37N3O3/c1-3-4-9-26(27(33)28(30)34)31-29(35)25-8-6-5-7-24(25)15-14-22-10-12-23(13-11-22)20-32-18-16-21(2)17-19-32/h5-8,10-15,21,26H,3-4,9,16-20H2,1-2H3,(H2,30,34)(H,31,35)/b15-14+. The molecule has 2 amide bonds. The van der Waals surface area contributed by atoms with Crippen LogP contribution in [0.2, 0.25) is 0 Å². The third-order valence-corrected chi connectivity index (χ3v) is 6.63. The largest absolute Gasteiger partial charge is 0.363 e. The predicted octanol–water partition coefficient (Wildman–Crippen LogP) is 4.43. The number of ketones is 1. The molecule has 0 bridgehead atoms. The minimum atomic E-state index is -1.03. The Morgan fingerprint density at radius 1 is 1.06 bits per heavy atom. The number of benzene rings is 2. The minimum Gasteiger partial charge on any atom is -0.363 e. The number of Topliss-reactive ketones (excluding diaryl/α,β-unsaturated/α-hetero) is 1. The lowest BCUT2D eigenvalue weighted by molar-refractivity contribution is -0.137. The van der Waals surface area contributed by atoms with Crippen LogP contribution in [0.4, 0.5) is 0 Å². The molecule has 0 saturated carbocycles. The van der Waals surface area contributed by atoms with E-state index < -0.39 is 23.6 Å². The van der Waals surface area contributed by atoms with Crippen LogP contribution in [0.3, 0.4) is 0 Å². The summed E-state index contributed by atoms with van der Waals surface area (Å²) in [5.41, 5.74) is 8.70. The van der Waals surface area contributed by atoms with E-state index in [0.717, 1.165) is 43.1 Å². The van der Waals surface area contributed by atoms with Crippen LogP contribution in [0.5, 0.6) is 0 Å². The summed E-state index contributed by atoms with van der Waals surface area (Å²) < 4.78 is 0. The van der Waals surface area contributed by atoms with Gasteiger partial charge in [-0.15, -0.1) is 0 Å². The lowest BCUT2D eigenvalue weighted by Gasteiger charge is -2.30. The van der Waals surface area contributed by atoms with Crippen molar-refractivity contribution in [1.29, 1.82) is 0 Å². The number of amides is 2. The van der Waals surface area contributed by atoms with Crippen molar-refractivity contribution in [2.45, 2.75) is 58.5 Å². The Balaban J connectivity index is 1.67. The summed E-state index contributed by atoms with van der Waals surface area (Å²) in [6.45, 7) is 7.60. The summed E-state index contributed by atoms with van der Waals surface area (Å²) >= 11 is 0. The van der Waals surface area contributed by atoms with E-state index in [0.29, 0.717) is 18.4 Å². The Morgan fingerprint density at radius 2 is 1.74 bits per heavy atom. The Kier molecular flexibility index (Phi) is 9.79. The molecule has 3 rings (SSSR count). The number of carbonyl (C=O) groups excluding carboxylic acids is 3. The van der Waals surface area contributed by atoms with Crippen LogP contribution in [0, 0.1) is 5.92 Å². The van der Waals surface area contributed by atoms with Crippen molar-refractivity contribution in [3.8, 4) is 0 Å². The van der Waals surface area contributed by atoms with Crippen LogP contribution in [0.25, 0.3) is 12.2 Å². The predicted molar refractivity (Wildman–Crippen MR) is 140 cm³/mol. The summed E-state index contributed by atoms with van der Waals surface area (Å²) in [6.07, 6.45) is 8.33. The van der Waals surface area contributed by atoms with Gasteiger partial charge in [0.05, 0.1) is 6.04 Å². The molecule has 1 unspecified atom stereocenters. The molecule has 0 spiro atoms. The summed E-state index contributed by atoms with van der Waals surface area (Å²) in [5, 5.41) is 2.71. The fourth-order valence-corrected chi connectivity index (χ4v) is 4.33. The number of nitrogens with one attached hydrogen (secondary N) is 1. The van der Waals surface area contributed by atoms with Crippen LogP contribution in [-0.4, -0.2) is 41.6 Å². The minimum absolute atomic E-state index is 0.380. The van der Waals surface area contributed by atoms with Gasteiger partial charge >= 0.3 is 0 Å². The number of nitrogens with two attached hydrogens (primary N) is 1. The second-order valence-electron chi connectivity index (χ2n) is 9.52. The molecule has 186 valence electrons. The Morgan fingerprint density at radius 3 is 2.40 bits per heavy atom. The van der Waals surface area contributed by atoms with E-state index >= 15 is 0 Å². The number of carbonyl (C=O) groups is 3. The zero-order valence-corrected chi connectivity index (χ0v) is 20.8. The fourth-order valence-electron chi connectivity index (χ4n) is 4.33. The van der Waals surface area contributed by atoms with Crippen LogP contribution in [-0.2, 0) is 16.1 Å². The lowest BCUT2D eigenvalue weighted by atomic mass is 9.98. The molecular formula is C29H37N3O3. The molecule has 6 nitrogen and oxygen atoms in total. The van der Waals surface area contributed by atoms with E-state index in [1.165, 1.54) is 18.4 Å². The van der Waals surface area contributed by atoms with Gasteiger partial charge in [-0.1, -0.05) is 81.3 Å². The number of piperidine rings is 1. The number of rotatable bonds is 11. The first kappa shape index (κ1) is 26.4.